The number of ether oxygens (including phenoxy) is 2. The number of benzene rings is 2. The number of para-hydroxylation sites is 1. The van der Waals surface area contributed by atoms with Gasteiger partial charge in [-0.2, -0.15) is 0 Å². The predicted molar refractivity (Wildman–Crippen MR) is 177 cm³/mol. The molecule has 10 heteroatoms. The van der Waals surface area contributed by atoms with Gasteiger partial charge >= 0.3 is 5.97 Å². The lowest BCUT2D eigenvalue weighted by Crippen LogP contribution is -2.57. The first-order valence-electron chi connectivity index (χ1n) is 16.4. The van der Waals surface area contributed by atoms with Gasteiger partial charge in [0.1, 0.15) is 18.2 Å². The van der Waals surface area contributed by atoms with Gasteiger partial charge in [-0.3, -0.25) is 19.2 Å². The van der Waals surface area contributed by atoms with Crippen LogP contribution in [0.25, 0.3) is 0 Å². The van der Waals surface area contributed by atoms with Gasteiger partial charge in [-0.25, -0.2) is 0 Å². The Labute approximate surface area is 276 Å². The molecular formula is C37H45N3O7. The van der Waals surface area contributed by atoms with Gasteiger partial charge in [0.15, 0.2) is 0 Å². The standard InChI is InChI=1S/C37H45N3O7/c1-5-7-17-29(42)46-23-27(26-15-9-8-10-16-26)38-34(43)30-28-18-19-37(47-28)31(30)35(44)40(21-12-22-41)33(37)36(45)39(20-6-2)32-24(3)13-11-14-25(32)4/h5-6,8-11,13-16,27-28,30-31,33,41H,1-2,7,12,17-23H2,3-4H3,(H,38,43)/t27-,28+,30-,31-,33+,37-/m0/s1. The van der Waals surface area contributed by atoms with Crippen molar-refractivity contribution in [2.45, 2.75) is 69.7 Å². The number of aryl methyl sites for hydroxylation is 2. The minimum Gasteiger partial charge on any atom is -0.463 e. The van der Waals surface area contributed by atoms with Gasteiger partial charge in [-0.05, 0) is 56.2 Å². The Kier molecular flexibility index (Phi) is 10.6. The van der Waals surface area contributed by atoms with Crippen molar-refractivity contribution in [3.05, 3.63) is 90.5 Å². The number of likely N-dealkylation sites (tertiary alicyclic amines) is 1. The molecule has 3 fully saturated rings. The largest absolute Gasteiger partial charge is 0.463 e. The van der Waals surface area contributed by atoms with E-state index in [1.165, 1.54) is 4.90 Å². The molecule has 2 N–H and O–H groups in total. The van der Waals surface area contributed by atoms with Crippen molar-refractivity contribution in [1.82, 2.24) is 10.2 Å². The smallest absolute Gasteiger partial charge is 0.306 e. The van der Waals surface area contributed by atoms with Crippen molar-refractivity contribution in [3.63, 3.8) is 0 Å². The van der Waals surface area contributed by atoms with Crippen molar-refractivity contribution in [3.8, 4) is 0 Å². The van der Waals surface area contributed by atoms with Crippen LogP contribution in [0.1, 0.15) is 54.8 Å². The number of nitrogens with zero attached hydrogens (tertiary/aromatic N) is 2. The number of hydrogen-bond acceptors (Lipinski definition) is 7. The molecule has 3 saturated heterocycles. The second-order valence-corrected chi connectivity index (χ2v) is 12.6. The fourth-order valence-corrected chi connectivity index (χ4v) is 7.66. The van der Waals surface area contributed by atoms with E-state index in [0.29, 0.717) is 19.3 Å². The molecule has 0 radical (unpaired) electrons. The fraction of sp³-hybridized carbons (Fsp3) is 0.459. The van der Waals surface area contributed by atoms with Crippen LogP contribution in [0.4, 0.5) is 5.69 Å². The number of fused-ring (bicyclic) bond motifs is 1. The topological polar surface area (TPSA) is 125 Å². The first-order chi connectivity index (χ1) is 22.7. The van der Waals surface area contributed by atoms with Crippen LogP contribution in [-0.4, -0.2) is 77.7 Å². The van der Waals surface area contributed by atoms with Gasteiger partial charge in [0, 0.05) is 31.8 Å². The summed E-state index contributed by atoms with van der Waals surface area (Å²) in [7, 11) is 0. The molecular weight excluding hydrogens is 598 g/mol. The lowest BCUT2D eigenvalue weighted by molar-refractivity contribution is -0.146. The molecule has 3 aliphatic rings. The number of allylic oxidation sites excluding steroid dienone is 1. The molecule has 2 bridgehead atoms. The number of rotatable bonds is 15. The summed E-state index contributed by atoms with van der Waals surface area (Å²) in [4.78, 5) is 58.8. The number of esters is 1. The lowest BCUT2D eigenvalue weighted by Gasteiger charge is -2.37. The Hall–Kier alpha value is -4.28. The average Bonchev–Trinajstić information content (AvgIpc) is 3.71. The Morgan fingerprint density at radius 2 is 1.85 bits per heavy atom. The fourth-order valence-electron chi connectivity index (χ4n) is 7.66. The van der Waals surface area contributed by atoms with Gasteiger partial charge in [0.25, 0.3) is 5.91 Å². The van der Waals surface area contributed by atoms with Crippen LogP contribution in [0.2, 0.25) is 0 Å². The number of aliphatic hydroxyl groups is 1. The monoisotopic (exact) mass is 643 g/mol. The van der Waals surface area contributed by atoms with Crippen LogP contribution < -0.4 is 10.2 Å². The summed E-state index contributed by atoms with van der Waals surface area (Å²) in [5.74, 6) is -3.15. The molecule has 3 heterocycles. The highest BCUT2D eigenvalue weighted by Crippen LogP contribution is 2.58. The first kappa shape index (κ1) is 34.1. The van der Waals surface area contributed by atoms with E-state index in [-0.39, 0.29) is 56.9 Å². The predicted octanol–water partition coefficient (Wildman–Crippen LogP) is 3.95. The zero-order valence-corrected chi connectivity index (χ0v) is 27.2. The SMILES string of the molecule is C=CCCC(=O)OC[C@H](NC(=O)[C@@H]1[C@H]2C(=O)N(CCCO)[C@H](C(=O)N(CC=C)c3c(C)cccc3C)[C@]23CC[C@H]1O3)c1ccccc1. The summed E-state index contributed by atoms with van der Waals surface area (Å²) in [6, 6.07) is 13.4. The third-order valence-corrected chi connectivity index (χ3v) is 9.66. The minimum atomic E-state index is -1.20. The summed E-state index contributed by atoms with van der Waals surface area (Å²) in [6.45, 7) is 11.5. The van der Waals surface area contributed by atoms with Crippen LogP contribution in [0.5, 0.6) is 0 Å². The van der Waals surface area contributed by atoms with E-state index in [4.69, 9.17) is 9.47 Å². The van der Waals surface area contributed by atoms with E-state index in [1.54, 1.807) is 17.1 Å². The van der Waals surface area contributed by atoms with Gasteiger partial charge in [-0.1, -0.05) is 60.7 Å². The second-order valence-electron chi connectivity index (χ2n) is 12.6. The Balaban J connectivity index is 1.46. The molecule has 0 saturated carbocycles. The number of carbonyl (C=O) groups is 4. The number of nitrogens with one attached hydrogen (secondary N) is 1. The van der Waals surface area contributed by atoms with Crippen LogP contribution in [0.15, 0.2) is 73.8 Å². The lowest BCUT2D eigenvalue weighted by atomic mass is 9.70. The molecule has 6 atom stereocenters. The molecule has 47 heavy (non-hydrogen) atoms. The molecule has 3 amide bonds. The summed E-state index contributed by atoms with van der Waals surface area (Å²) >= 11 is 0. The molecule has 2 aromatic carbocycles. The molecule has 2 aromatic rings. The Morgan fingerprint density at radius 1 is 1.13 bits per heavy atom. The van der Waals surface area contributed by atoms with Crippen molar-refractivity contribution >= 4 is 29.4 Å². The molecule has 5 rings (SSSR count). The first-order valence-corrected chi connectivity index (χ1v) is 16.4. The van der Waals surface area contributed by atoms with E-state index >= 15 is 0 Å². The third-order valence-electron chi connectivity index (χ3n) is 9.66. The van der Waals surface area contributed by atoms with Crippen LogP contribution in [0.3, 0.4) is 0 Å². The van der Waals surface area contributed by atoms with Crippen molar-refractivity contribution in [2.75, 3.05) is 31.2 Å². The molecule has 1 spiro atoms. The van der Waals surface area contributed by atoms with Gasteiger partial charge in [0.05, 0.1) is 24.0 Å². The number of carbonyl (C=O) groups excluding carboxylic acids is 4. The number of anilines is 1. The zero-order chi connectivity index (χ0) is 33.7. The molecule has 250 valence electrons. The van der Waals surface area contributed by atoms with Gasteiger partial charge in [-0.15, -0.1) is 13.2 Å². The highest BCUT2D eigenvalue weighted by molar-refractivity contribution is 6.05. The van der Waals surface area contributed by atoms with Crippen molar-refractivity contribution < 1.29 is 33.8 Å². The maximum atomic E-state index is 14.7. The minimum absolute atomic E-state index is 0.0796. The molecule has 0 unspecified atom stereocenters. The van der Waals surface area contributed by atoms with Gasteiger partial charge in [0.2, 0.25) is 11.8 Å². The zero-order valence-electron chi connectivity index (χ0n) is 27.2. The van der Waals surface area contributed by atoms with E-state index in [0.717, 1.165) is 22.4 Å². The summed E-state index contributed by atoms with van der Waals surface area (Å²) < 4.78 is 12.2. The van der Waals surface area contributed by atoms with Crippen LogP contribution in [0, 0.1) is 25.7 Å². The third kappa shape index (κ3) is 6.49. The highest BCUT2D eigenvalue weighted by atomic mass is 16.5. The second kappa shape index (κ2) is 14.6. The van der Waals surface area contributed by atoms with E-state index < -0.39 is 41.6 Å². The quantitative estimate of drug-likeness (QED) is 0.223. The van der Waals surface area contributed by atoms with Crippen molar-refractivity contribution in [1.29, 1.82) is 0 Å². The average molecular weight is 644 g/mol. The van der Waals surface area contributed by atoms with Crippen LogP contribution >= 0.6 is 0 Å². The Morgan fingerprint density at radius 3 is 2.51 bits per heavy atom. The van der Waals surface area contributed by atoms with Crippen LogP contribution in [-0.2, 0) is 28.7 Å². The van der Waals surface area contributed by atoms with Gasteiger partial charge < -0.3 is 29.7 Å². The highest BCUT2D eigenvalue weighted by Gasteiger charge is 2.74. The van der Waals surface area contributed by atoms with E-state index in [2.05, 4.69) is 18.5 Å². The number of hydrogen-bond donors (Lipinski definition) is 2. The number of amides is 3. The Bertz CT molecular complexity index is 1490. The normalized spacial score (nSPS) is 24.8. The van der Waals surface area contributed by atoms with Crippen molar-refractivity contribution in [2.24, 2.45) is 11.8 Å². The van der Waals surface area contributed by atoms with E-state index in [9.17, 15) is 24.3 Å². The summed E-state index contributed by atoms with van der Waals surface area (Å²) in [5, 5.41) is 12.8. The summed E-state index contributed by atoms with van der Waals surface area (Å²) in [5.41, 5.74) is 2.12. The molecule has 0 aromatic heterocycles. The molecule has 3 aliphatic heterocycles. The molecule has 10 nitrogen and oxygen atoms in total. The molecule has 0 aliphatic carbocycles. The summed E-state index contributed by atoms with van der Waals surface area (Å²) in [6.07, 6.45) is 4.64. The maximum Gasteiger partial charge on any atom is 0.306 e. The maximum absolute atomic E-state index is 14.7. The van der Waals surface area contributed by atoms with E-state index in [1.807, 2.05) is 62.4 Å². The number of aliphatic hydroxyl groups excluding tert-OH is 1.